The molecule has 0 aliphatic carbocycles. The van der Waals surface area contributed by atoms with Crippen LogP contribution in [-0.4, -0.2) is 30.8 Å². The van der Waals surface area contributed by atoms with Crippen molar-refractivity contribution in [1.29, 1.82) is 0 Å². The molecule has 2 N–H and O–H groups in total. The van der Waals surface area contributed by atoms with E-state index in [2.05, 4.69) is 15.2 Å². The summed E-state index contributed by atoms with van der Waals surface area (Å²) in [5.74, 6) is -0.477. The Labute approximate surface area is 122 Å². The average molecular weight is 311 g/mol. The van der Waals surface area contributed by atoms with Gasteiger partial charge in [-0.05, 0) is 12.1 Å². The highest BCUT2D eigenvalue weighted by atomic mass is 35.5. The van der Waals surface area contributed by atoms with Gasteiger partial charge in [0.2, 0.25) is 0 Å². The van der Waals surface area contributed by atoms with E-state index in [1.165, 1.54) is 0 Å². The third kappa shape index (κ3) is 2.13. The molecule has 0 spiro atoms. The number of aliphatic carboxylic acids is 1. The van der Waals surface area contributed by atoms with Crippen molar-refractivity contribution in [3.05, 3.63) is 34.6 Å². The van der Waals surface area contributed by atoms with Crippen molar-refractivity contribution in [3.63, 3.8) is 0 Å². The fraction of sp³-hybridized carbons (Fsp3) is 0.0833. The first-order chi connectivity index (χ1) is 9.56. The number of hydrogen-bond acceptors (Lipinski definition) is 3. The minimum absolute atomic E-state index is 0.227. The molecule has 1 aromatic carbocycles. The Hall–Kier alpha value is -2.05. The number of aromatic amines is 1. The number of carboxylic acids is 1. The van der Waals surface area contributed by atoms with E-state index < -0.39 is 5.97 Å². The number of imidazole rings is 1. The number of nitrogens with zero attached hydrogens (tertiary/aromatic N) is 3. The Morgan fingerprint density at radius 3 is 2.75 bits per heavy atom. The van der Waals surface area contributed by atoms with E-state index in [-0.39, 0.29) is 6.54 Å². The summed E-state index contributed by atoms with van der Waals surface area (Å²) < 4.78 is 1.56. The van der Waals surface area contributed by atoms with Crippen molar-refractivity contribution in [1.82, 2.24) is 19.7 Å². The predicted octanol–water partition coefficient (Wildman–Crippen LogP) is 2.82. The third-order valence-corrected chi connectivity index (χ3v) is 3.56. The van der Waals surface area contributed by atoms with Crippen LogP contribution in [0.5, 0.6) is 0 Å². The molecule has 3 aromatic rings. The van der Waals surface area contributed by atoms with Crippen molar-refractivity contribution >= 4 is 40.2 Å². The quantitative estimate of drug-likeness (QED) is 0.779. The topological polar surface area (TPSA) is 83.8 Å². The summed E-state index contributed by atoms with van der Waals surface area (Å²) >= 11 is 12.0. The van der Waals surface area contributed by atoms with Crippen LogP contribution in [0.2, 0.25) is 10.0 Å². The zero-order chi connectivity index (χ0) is 14.3. The summed E-state index contributed by atoms with van der Waals surface area (Å²) in [6, 6.07) is 3.22. The van der Waals surface area contributed by atoms with Crippen LogP contribution in [-0.2, 0) is 11.3 Å². The standard InChI is InChI=1S/C12H8Cl2N4O2/c13-7-1-9-10(2-8(7)14)18(5-11(19)20)12(17-9)6-3-15-16-4-6/h1-4H,5H2,(H,15,16)(H,19,20). The lowest BCUT2D eigenvalue weighted by molar-refractivity contribution is -0.137. The minimum Gasteiger partial charge on any atom is -0.480 e. The second-order valence-corrected chi connectivity index (χ2v) is 4.97. The Kier molecular flexibility index (Phi) is 3.11. The molecule has 8 heteroatoms. The zero-order valence-corrected chi connectivity index (χ0v) is 11.5. The van der Waals surface area contributed by atoms with Crippen LogP contribution in [0.1, 0.15) is 0 Å². The van der Waals surface area contributed by atoms with E-state index in [1.807, 2.05) is 0 Å². The number of fused-ring (bicyclic) bond motifs is 1. The highest BCUT2D eigenvalue weighted by Gasteiger charge is 2.17. The number of nitrogens with one attached hydrogen (secondary N) is 1. The molecule has 0 bridgehead atoms. The lowest BCUT2D eigenvalue weighted by Gasteiger charge is -2.05. The van der Waals surface area contributed by atoms with Gasteiger partial charge in [0.05, 0.1) is 32.8 Å². The molecule has 2 heterocycles. The summed E-state index contributed by atoms with van der Waals surface area (Å²) in [6.07, 6.45) is 3.21. The van der Waals surface area contributed by atoms with Gasteiger partial charge in [-0.2, -0.15) is 5.10 Å². The normalized spacial score (nSPS) is 11.1. The minimum atomic E-state index is -0.972. The summed E-state index contributed by atoms with van der Waals surface area (Å²) in [5.41, 5.74) is 1.88. The molecule has 0 saturated carbocycles. The van der Waals surface area contributed by atoms with Crippen LogP contribution in [0.25, 0.3) is 22.4 Å². The smallest absolute Gasteiger partial charge is 0.323 e. The second-order valence-electron chi connectivity index (χ2n) is 4.16. The Bertz CT molecular complexity index is 796. The van der Waals surface area contributed by atoms with E-state index in [4.69, 9.17) is 28.3 Å². The number of carbonyl (C=O) groups is 1. The number of benzene rings is 1. The Morgan fingerprint density at radius 2 is 2.10 bits per heavy atom. The summed E-state index contributed by atoms with van der Waals surface area (Å²) in [7, 11) is 0. The number of halogens is 2. The van der Waals surface area contributed by atoms with Crippen LogP contribution < -0.4 is 0 Å². The Morgan fingerprint density at radius 1 is 1.35 bits per heavy atom. The number of aromatic nitrogens is 4. The molecule has 0 radical (unpaired) electrons. The van der Waals surface area contributed by atoms with E-state index >= 15 is 0 Å². The summed E-state index contributed by atoms with van der Waals surface area (Å²) in [5, 5.41) is 16.3. The average Bonchev–Trinajstić information content (AvgIpc) is 2.99. The van der Waals surface area contributed by atoms with Gasteiger partial charge in [-0.3, -0.25) is 9.89 Å². The molecule has 0 atom stereocenters. The predicted molar refractivity (Wildman–Crippen MR) is 75.0 cm³/mol. The third-order valence-electron chi connectivity index (χ3n) is 2.84. The first-order valence-corrected chi connectivity index (χ1v) is 6.38. The maximum atomic E-state index is 11.1. The molecule has 20 heavy (non-hydrogen) atoms. The molecule has 0 saturated heterocycles. The van der Waals surface area contributed by atoms with E-state index in [1.54, 1.807) is 29.1 Å². The van der Waals surface area contributed by atoms with Crippen LogP contribution in [0, 0.1) is 0 Å². The van der Waals surface area contributed by atoms with Gasteiger partial charge in [-0.1, -0.05) is 23.2 Å². The monoisotopic (exact) mass is 310 g/mol. The summed E-state index contributed by atoms with van der Waals surface area (Å²) in [4.78, 5) is 15.5. The zero-order valence-electron chi connectivity index (χ0n) is 9.97. The van der Waals surface area contributed by atoms with Crippen molar-refractivity contribution in [2.45, 2.75) is 6.54 Å². The van der Waals surface area contributed by atoms with Crippen molar-refractivity contribution < 1.29 is 9.90 Å². The van der Waals surface area contributed by atoms with Crippen LogP contribution in [0.3, 0.4) is 0 Å². The van der Waals surface area contributed by atoms with Gasteiger partial charge >= 0.3 is 5.97 Å². The van der Waals surface area contributed by atoms with E-state index in [0.717, 1.165) is 0 Å². The van der Waals surface area contributed by atoms with E-state index in [0.29, 0.717) is 32.5 Å². The molecule has 2 aromatic heterocycles. The van der Waals surface area contributed by atoms with Crippen molar-refractivity contribution in [2.75, 3.05) is 0 Å². The largest absolute Gasteiger partial charge is 0.480 e. The van der Waals surface area contributed by atoms with Gasteiger partial charge < -0.3 is 9.67 Å². The van der Waals surface area contributed by atoms with Gasteiger partial charge in [0.15, 0.2) is 0 Å². The Balaban J connectivity index is 2.30. The fourth-order valence-corrected chi connectivity index (χ4v) is 2.32. The SMILES string of the molecule is O=C(O)Cn1c(-c2cn[nH]c2)nc2cc(Cl)c(Cl)cc21. The molecular weight excluding hydrogens is 303 g/mol. The molecule has 0 fully saturated rings. The highest BCUT2D eigenvalue weighted by Crippen LogP contribution is 2.31. The van der Waals surface area contributed by atoms with Crippen LogP contribution in [0.15, 0.2) is 24.5 Å². The van der Waals surface area contributed by atoms with Crippen LogP contribution >= 0.6 is 23.2 Å². The van der Waals surface area contributed by atoms with Crippen LogP contribution in [0.4, 0.5) is 0 Å². The molecule has 0 aliphatic rings. The maximum absolute atomic E-state index is 11.1. The number of carboxylic acid groups (broad SMARTS) is 1. The molecule has 0 unspecified atom stereocenters. The van der Waals surface area contributed by atoms with Crippen molar-refractivity contribution in [3.8, 4) is 11.4 Å². The van der Waals surface area contributed by atoms with Gasteiger partial charge in [-0.25, -0.2) is 4.98 Å². The van der Waals surface area contributed by atoms with Gasteiger partial charge in [0.1, 0.15) is 12.4 Å². The molecule has 0 amide bonds. The first kappa shape index (κ1) is 13.0. The lowest BCUT2D eigenvalue weighted by atomic mass is 10.3. The number of hydrogen-bond donors (Lipinski definition) is 2. The van der Waals surface area contributed by atoms with Gasteiger partial charge in [0.25, 0.3) is 0 Å². The van der Waals surface area contributed by atoms with E-state index in [9.17, 15) is 4.79 Å². The second kappa shape index (κ2) is 4.81. The molecule has 6 nitrogen and oxygen atoms in total. The fourth-order valence-electron chi connectivity index (χ4n) is 2.01. The maximum Gasteiger partial charge on any atom is 0.323 e. The number of rotatable bonds is 3. The molecule has 0 aliphatic heterocycles. The highest BCUT2D eigenvalue weighted by molar-refractivity contribution is 6.42. The van der Waals surface area contributed by atoms with Crippen molar-refractivity contribution in [2.24, 2.45) is 0 Å². The van der Waals surface area contributed by atoms with Gasteiger partial charge in [-0.15, -0.1) is 0 Å². The summed E-state index contributed by atoms with van der Waals surface area (Å²) in [6.45, 7) is -0.227. The molecule has 3 rings (SSSR count). The number of H-pyrrole nitrogens is 1. The molecular formula is C12H8Cl2N4O2. The first-order valence-electron chi connectivity index (χ1n) is 5.62. The molecule has 102 valence electrons. The lowest BCUT2D eigenvalue weighted by Crippen LogP contribution is -2.09. The van der Waals surface area contributed by atoms with Gasteiger partial charge in [0, 0.05) is 6.20 Å².